The van der Waals surface area contributed by atoms with Crippen LogP contribution in [0.5, 0.6) is 5.75 Å². The van der Waals surface area contributed by atoms with Crippen LogP contribution in [0.1, 0.15) is 11.1 Å². The normalized spacial score (nSPS) is 10.8. The van der Waals surface area contributed by atoms with Gasteiger partial charge in [0.2, 0.25) is 5.91 Å². The van der Waals surface area contributed by atoms with E-state index >= 15 is 0 Å². The molecule has 0 saturated heterocycles. The van der Waals surface area contributed by atoms with Crippen LogP contribution < -0.4 is 4.74 Å². The van der Waals surface area contributed by atoms with E-state index in [1.165, 1.54) is 10.9 Å². The molecular formula is C20H22N2O2. The number of para-hydroxylation sites is 1. The molecule has 0 fully saturated rings. The van der Waals surface area contributed by atoms with Gasteiger partial charge in [0.15, 0.2) is 0 Å². The zero-order valence-corrected chi connectivity index (χ0v) is 14.1. The van der Waals surface area contributed by atoms with Crippen LogP contribution in [-0.2, 0) is 17.6 Å². The van der Waals surface area contributed by atoms with E-state index in [4.69, 9.17) is 4.74 Å². The van der Waals surface area contributed by atoms with Crippen molar-refractivity contribution >= 4 is 16.8 Å². The molecule has 0 aliphatic carbocycles. The van der Waals surface area contributed by atoms with Gasteiger partial charge in [-0.15, -0.1) is 0 Å². The summed E-state index contributed by atoms with van der Waals surface area (Å²) in [5, 5.41) is 1.23. The van der Waals surface area contributed by atoms with Crippen molar-refractivity contribution in [2.24, 2.45) is 0 Å². The number of carbonyl (C=O) groups is 1. The van der Waals surface area contributed by atoms with Gasteiger partial charge in [0.1, 0.15) is 5.75 Å². The number of likely N-dealkylation sites (N-methyl/N-ethyl adjacent to an activating group) is 1. The molecule has 24 heavy (non-hydrogen) atoms. The van der Waals surface area contributed by atoms with Crippen molar-refractivity contribution in [2.75, 3.05) is 20.7 Å². The quantitative estimate of drug-likeness (QED) is 0.756. The summed E-state index contributed by atoms with van der Waals surface area (Å²) >= 11 is 0. The van der Waals surface area contributed by atoms with E-state index < -0.39 is 0 Å². The van der Waals surface area contributed by atoms with Gasteiger partial charge >= 0.3 is 0 Å². The van der Waals surface area contributed by atoms with Gasteiger partial charge in [0.25, 0.3) is 0 Å². The Morgan fingerprint density at radius 2 is 1.88 bits per heavy atom. The number of aromatic nitrogens is 1. The summed E-state index contributed by atoms with van der Waals surface area (Å²) in [4.78, 5) is 17.5. The summed E-state index contributed by atoms with van der Waals surface area (Å²) in [6, 6.07) is 15.9. The molecule has 0 aliphatic heterocycles. The molecule has 1 aromatic heterocycles. The van der Waals surface area contributed by atoms with E-state index in [0.29, 0.717) is 13.0 Å². The third kappa shape index (κ3) is 3.59. The molecule has 1 N–H and O–H groups in total. The lowest BCUT2D eigenvalue weighted by molar-refractivity contribution is -0.129. The fourth-order valence-corrected chi connectivity index (χ4v) is 2.80. The second-order valence-electron chi connectivity index (χ2n) is 5.95. The van der Waals surface area contributed by atoms with Gasteiger partial charge in [-0.2, -0.15) is 0 Å². The molecular weight excluding hydrogens is 300 g/mol. The Morgan fingerprint density at radius 3 is 2.62 bits per heavy atom. The summed E-state index contributed by atoms with van der Waals surface area (Å²) in [6.07, 6.45) is 3.29. The molecule has 3 aromatic rings. The van der Waals surface area contributed by atoms with Crippen LogP contribution in [0, 0.1) is 0 Å². The lowest BCUT2D eigenvalue weighted by atomic mass is 10.1. The first-order valence-electron chi connectivity index (χ1n) is 8.09. The largest absolute Gasteiger partial charge is 0.497 e. The fraction of sp³-hybridized carbons (Fsp3) is 0.250. The van der Waals surface area contributed by atoms with Gasteiger partial charge in [-0.05, 0) is 35.7 Å². The third-order valence-corrected chi connectivity index (χ3v) is 4.33. The maximum atomic E-state index is 12.4. The molecule has 0 atom stereocenters. The Balaban J connectivity index is 1.57. The molecule has 4 heteroatoms. The summed E-state index contributed by atoms with van der Waals surface area (Å²) < 4.78 is 5.14. The molecule has 0 bridgehead atoms. The molecule has 4 nitrogen and oxygen atoms in total. The van der Waals surface area contributed by atoms with Crippen molar-refractivity contribution in [3.63, 3.8) is 0 Å². The highest BCUT2D eigenvalue weighted by Gasteiger charge is 2.11. The Bertz CT molecular complexity index is 821. The third-order valence-electron chi connectivity index (χ3n) is 4.33. The number of hydrogen-bond acceptors (Lipinski definition) is 2. The summed E-state index contributed by atoms with van der Waals surface area (Å²) in [5.41, 5.74) is 3.38. The zero-order chi connectivity index (χ0) is 16.9. The van der Waals surface area contributed by atoms with Crippen LogP contribution in [0.25, 0.3) is 10.9 Å². The van der Waals surface area contributed by atoms with Gasteiger partial charge in [0.05, 0.1) is 13.5 Å². The van der Waals surface area contributed by atoms with Crippen molar-refractivity contribution in [3.8, 4) is 5.75 Å². The Kier molecular flexibility index (Phi) is 4.85. The first kappa shape index (κ1) is 16.1. The van der Waals surface area contributed by atoms with Crippen molar-refractivity contribution in [1.82, 2.24) is 9.88 Å². The van der Waals surface area contributed by atoms with Crippen molar-refractivity contribution in [2.45, 2.75) is 12.8 Å². The number of rotatable bonds is 6. The molecule has 1 amide bonds. The summed E-state index contributed by atoms with van der Waals surface area (Å²) in [5.74, 6) is 0.930. The molecule has 1 heterocycles. The zero-order valence-electron chi connectivity index (χ0n) is 14.1. The highest BCUT2D eigenvalue weighted by atomic mass is 16.5. The Morgan fingerprint density at radius 1 is 1.12 bits per heavy atom. The molecule has 0 aliphatic rings. The maximum Gasteiger partial charge on any atom is 0.226 e. The van der Waals surface area contributed by atoms with Gasteiger partial charge < -0.3 is 14.6 Å². The Labute approximate surface area is 142 Å². The van der Waals surface area contributed by atoms with E-state index in [1.807, 2.05) is 49.6 Å². The number of hydrogen-bond donors (Lipinski definition) is 1. The van der Waals surface area contributed by atoms with E-state index in [0.717, 1.165) is 23.3 Å². The fourth-order valence-electron chi connectivity index (χ4n) is 2.80. The van der Waals surface area contributed by atoms with Crippen LogP contribution in [0.15, 0.2) is 54.7 Å². The predicted octanol–water partition coefficient (Wildman–Crippen LogP) is 3.42. The first-order valence-corrected chi connectivity index (χ1v) is 8.09. The van der Waals surface area contributed by atoms with E-state index in [9.17, 15) is 4.79 Å². The second-order valence-corrected chi connectivity index (χ2v) is 5.95. The first-order chi connectivity index (χ1) is 11.7. The van der Waals surface area contributed by atoms with Crippen molar-refractivity contribution in [3.05, 3.63) is 65.9 Å². The number of benzene rings is 2. The highest BCUT2D eigenvalue weighted by Crippen LogP contribution is 2.18. The van der Waals surface area contributed by atoms with E-state index in [2.05, 4.69) is 17.1 Å². The lowest BCUT2D eigenvalue weighted by Crippen LogP contribution is -2.30. The highest BCUT2D eigenvalue weighted by molar-refractivity contribution is 5.83. The van der Waals surface area contributed by atoms with Crippen molar-refractivity contribution < 1.29 is 9.53 Å². The molecule has 2 aromatic carbocycles. The minimum absolute atomic E-state index is 0.125. The van der Waals surface area contributed by atoms with Crippen molar-refractivity contribution in [1.29, 1.82) is 0 Å². The van der Waals surface area contributed by atoms with Crippen LogP contribution >= 0.6 is 0 Å². The van der Waals surface area contributed by atoms with Gasteiger partial charge in [-0.25, -0.2) is 0 Å². The van der Waals surface area contributed by atoms with Gasteiger partial charge in [-0.3, -0.25) is 4.79 Å². The lowest BCUT2D eigenvalue weighted by Gasteiger charge is -2.17. The minimum atomic E-state index is 0.125. The number of ether oxygens (including phenoxy) is 1. The van der Waals surface area contributed by atoms with E-state index in [-0.39, 0.29) is 5.91 Å². The number of methoxy groups -OCH3 is 1. The molecule has 0 spiro atoms. The molecule has 3 rings (SSSR count). The smallest absolute Gasteiger partial charge is 0.226 e. The SMILES string of the molecule is COc1ccc(CC(=O)N(C)CCc2c[nH]c3ccccc23)cc1. The maximum absolute atomic E-state index is 12.4. The van der Waals surface area contributed by atoms with Crippen LogP contribution in [0.2, 0.25) is 0 Å². The minimum Gasteiger partial charge on any atom is -0.497 e. The number of nitrogens with zero attached hydrogens (tertiary/aromatic N) is 1. The number of amides is 1. The number of H-pyrrole nitrogens is 1. The average molecular weight is 322 g/mol. The number of carbonyl (C=O) groups excluding carboxylic acids is 1. The second kappa shape index (κ2) is 7.21. The topological polar surface area (TPSA) is 45.3 Å². The number of aromatic amines is 1. The standard InChI is InChI=1S/C20H22N2O2/c1-22(20(23)13-15-7-9-17(24-2)10-8-15)12-11-16-14-21-19-6-4-3-5-18(16)19/h3-10,14,21H,11-13H2,1-2H3. The van der Waals surface area contributed by atoms with Crippen LogP contribution in [0.4, 0.5) is 0 Å². The molecule has 124 valence electrons. The van der Waals surface area contributed by atoms with Gasteiger partial charge in [0, 0.05) is 30.7 Å². The van der Waals surface area contributed by atoms with Crippen LogP contribution in [0.3, 0.4) is 0 Å². The molecule has 0 saturated carbocycles. The number of fused-ring (bicyclic) bond motifs is 1. The Hall–Kier alpha value is -2.75. The summed E-state index contributed by atoms with van der Waals surface area (Å²) in [7, 11) is 3.50. The van der Waals surface area contributed by atoms with E-state index in [1.54, 1.807) is 12.0 Å². The average Bonchev–Trinajstić information content (AvgIpc) is 3.03. The number of nitrogens with one attached hydrogen (secondary N) is 1. The van der Waals surface area contributed by atoms with Crippen LogP contribution in [-0.4, -0.2) is 36.5 Å². The van der Waals surface area contributed by atoms with Gasteiger partial charge in [-0.1, -0.05) is 30.3 Å². The predicted molar refractivity (Wildman–Crippen MR) is 96.3 cm³/mol. The summed E-state index contributed by atoms with van der Waals surface area (Å²) in [6.45, 7) is 0.705. The molecule has 0 radical (unpaired) electrons. The monoisotopic (exact) mass is 322 g/mol. The molecule has 0 unspecified atom stereocenters.